The molecule has 2 unspecified atom stereocenters. The van der Waals surface area contributed by atoms with Crippen molar-refractivity contribution in [3.05, 3.63) is 0 Å². The van der Waals surface area contributed by atoms with Gasteiger partial charge in [-0.2, -0.15) is 0 Å². The van der Waals surface area contributed by atoms with Crippen LogP contribution in [-0.2, 0) is 9.59 Å². The number of nitrogens with zero attached hydrogens (tertiary/aromatic N) is 1. The highest BCUT2D eigenvalue weighted by molar-refractivity contribution is 5.88. The third kappa shape index (κ3) is 6.57. The van der Waals surface area contributed by atoms with Crippen LogP contribution in [0.5, 0.6) is 0 Å². The van der Waals surface area contributed by atoms with Gasteiger partial charge in [-0.1, -0.05) is 27.2 Å². The molecule has 0 spiro atoms. The van der Waals surface area contributed by atoms with E-state index in [1.165, 1.54) is 4.90 Å². The average Bonchev–Trinajstić information content (AvgIpc) is 2.33. The number of nitrogens with two attached hydrogens (primary N) is 1. The van der Waals surface area contributed by atoms with Gasteiger partial charge < -0.3 is 16.0 Å². The molecule has 0 heterocycles. The van der Waals surface area contributed by atoms with Crippen LogP contribution in [0.2, 0.25) is 0 Å². The first kappa shape index (κ1) is 17.9. The molecule has 0 saturated heterocycles. The largest absolute Gasteiger partial charge is 0.347 e. The van der Waals surface area contributed by atoms with E-state index >= 15 is 0 Å². The van der Waals surface area contributed by atoms with Crippen molar-refractivity contribution >= 4 is 11.8 Å². The highest BCUT2D eigenvalue weighted by atomic mass is 16.2. The summed E-state index contributed by atoms with van der Waals surface area (Å²) in [6.45, 7) is 6.42. The molecule has 19 heavy (non-hydrogen) atoms. The molecule has 0 fully saturated rings. The van der Waals surface area contributed by atoms with E-state index in [4.69, 9.17) is 5.73 Å². The summed E-state index contributed by atoms with van der Waals surface area (Å²) in [5.41, 5.74) is 5.62. The molecule has 3 N–H and O–H groups in total. The van der Waals surface area contributed by atoms with Gasteiger partial charge in [-0.3, -0.25) is 9.59 Å². The Bertz CT molecular complexity index is 290. The molecule has 0 bridgehead atoms. The Labute approximate surface area is 116 Å². The number of amides is 2. The fourth-order valence-electron chi connectivity index (χ4n) is 2.00. The lowest BCUT2D eigenvalue weighted by Crippen LogP contribution is -2.49. The van der Waals surface area contributed by atoms with Gasteiger partial charge in [0.1, 0.15) is 6.04 Å². The van der Waals surface area contributed by atoms with Crippen molar-refractivity contribution in [3.63, 3.8) is 0 Å². The third-order valence-corrected chi connectivity index (χ3v) is 3.05. The Balaban J connectivity index is 4.71. The topological polar surface area (TPSA) is 75.4 Å². The zero-order valence-electron chi connectivity index (χ0n) is 12.9. The zero-order valence-corrected chi connectivity index (χ0v) is 12.9. The summed E-state index contributed by atoms with van der Waals surface area (Å²) in [5.74, 6) is -0.0224. The maximum absolute atomic E-state index is 12.1. The lowest BCUT2D eigenvalue weighted by Gasteiger charge is -2.25. The van der Waals surface area contributed by atoms with Crippen LogP contribution < -0.4 is 11.1 Å². The second-order valence-corrected chi connectivity index (χ2v) is 5.64. The van der Waals surface area contributed by atoms with Crippen LogP contribution >= 0.6 is 0 Å². The molecule has 5 nitrogen and oxygen atoms in total. The average molecular weight is 271 g/mol. The molecule has 5 heteroatoms. The van der Waals surface area contributed by atoms with Crippen molar-refractivity contribution in [1.29, 1.82) is 0 Å². The molecule has 0 radical (unpaired) electrons. The third-order valence-electron chi connectivity index (χ3n) is 3.05. The van der Waals surface area contributed by atoms with Crippen LogP contribution in [0.3, 0.4) is 0 Å². The number of likely N-dealkylation sites (N-methyl/N-ethyl adjacent to an activating group) is 1. The van der Waals surface area contributed by atoms with Crippen molar-refractivity contribution in [3.8, 4) is 0 Å². The molecule has 2 atom stereocenters. The van der Waals surface area contributed by atoms with Crippen molar-refractivity contribution in [2.45, 2.75) is 46.1 Å². The number of hydrogen-bond donors (Lipinski definition) is 2. The minimum absolute atomic E-state index is 0.0608. The highest BCUT2D eigenvalue weighted by Crippen LogP contribution is 2.10. The molecular formula is C14H29N3O2. The summed E-state index contributed by atoms with van der Waals surface area (Å²) in [7, 11) is 3.41. The van der Waals surface area contributed by atoms with Gasteiger partial charge >= 0.3 is 0 Å². The highest BCUT2D eigenvalue weighted by Gasteiger charge is 2.26. The summed E-state index contributed by atoms with van der Waals surface area (Å²) in [5, 5.41) is 2.86. The minimum atomic E-state index is -0.451. The predicted molar refractivity (Wildman–Crippen MR) is 77.5 cm³/mol. The second kappa shape index (κ2) is 8.91. The molecule has 112 valence electrons. The number of carbonyl (C=O) groups excluding carboxylic acids is 2. The summed E-state index contributed by atoms with van der Waals surface area (Å²) < 4.78 is 0. The first-order chi connectivity index (χ1) is 8.83. The van der Waals surface area contributed by atoms with Crippen LogP contribution in [0.25, 0.3) is 0 Å². The lowest BCUT2D eigenvalue weighted by molar-refractivity contribution is -0.136. The van der Waals surface area contributed by atoms with Gasteiger partial charge in [-0.05, 0) is 18.8 Å². The minimum Gasteiger partial charge on any atom is -0.347 e. The first-order valence-corrected chi connectivity index (χ1v) is 7.05. The molecule has 0 saturated carbocycles. The summed E-state index contributed by atoms with van der Waals surface area (Å²) in [6, 6.07) is -0.451. The fraction of sp³-hybridized carbons (Fsp3) is 0.857. The summed E-state index contributed by atoms with van der Waals surface area (Å²) in [4.78, 5) is 25.7. The maximum Gasteiger partial charge on any atom is 0.244 e. The van der Waals surface area contributed by atoms with Gasteiger partial charge in [0.25, 0.3) is 0 Å². The molecule has 0 aromatic rings. The Morgan fingerprint density at radius 2 is 1.84 bits per heavy atom. The lowest BCUT2D eigenvalue weighted by atomic mass is 9.99. The Morgan fingerprint density at radius 1 is 1.26 bits per heavy atom. The van der Waals surface area contributed by atoms with Crippen molar-refractivity contribution in [1.82, 2.24) is 10.2 Å². The van der Waals surface area contributed by atoms with Crippen molar-refractivity contribution in [2.24, 2.45) is 17.6 Å². The van der Waals surface area contributed by atoms with Gasteiger partial charge in [0.05, 0.1) is 5.92 Å². The molecule has 0 aliphatic rings. The van der Waals surface area contributed by atoms with E-state index in [1.807, 2.05) is 20.8 Å². The van der Waals surface area contributed by atoms with E-state index in [0.29, 0.717) is 18.9 Å². The van der Waals surface area contributed by atoms with E-state index in [1.54, 1.807) is 14.1 Å². The Morgan fingerprint density at radius 3 is 2.21 bits per heavy atom. The summed E-state index contributed by atoms with van der Waals surface area (Å²) >= 11 is 0. The second-order valence-electron chi connectivity index (χ2n) is 5.64. The van der Waals surface area contributed by atoms with Crippen LogP contribution in [0.4, 0.5) is 0 Å². The molecule has 0 rings (SSSR count). The maximum atomic E-state index is 12.1. The first-order valence-electron chi connectivity index (χ1n) is 7.05. The Hall–Kier alpha value is -1.10. The van der Waals surface area contributed by atoms with Gasteiger partial charge in [0.15, 0.2) is 0 Å². The van der Waals surface area contributed by atoms with Crippen LogP contribution in [0.1, 0.15) is 40.0 Å². The smallest absolute Gasteiger partial charge is 0.244 e. The summed E-state index contributed by atoms with van der Waals surface area (Å²) in [6.07, 6.45) is 2.31. The van der Waals surface area contributed by atoms with E-state index in [2.05, 4.69) is 5.32 Å². The van der Waals surface area contributed by atoms with E-state index in [-0.39, 0.29) is 17.7 Å². The van der Waals surface area contributed by atoms with E-state index in [9.17, 15) is 9.59 Å². The van der Waals surface area contributed by atoms with E-state index in [0.717, 1.165) is 12.8 Å². The van der Waals surface area contributed by atoms with Gasteiger partial charge in [-0.25, -0.2) is 0 Å². The van der Waals surface area contributed by atoms with E-state index < -0.39 is 6.04 Å². The van der Waals surface area contributed by atoms with Gasteiger partial charge in [0.2, 0.25) is 11.8 Å². The molecular weight excluding hydrogens is 242 g/mol. The number of carbonyl (C=O) groups is 2. The Kier molecular flexibility index (Phi) is 8.39. The van der Waals surface area contributed by atoms with Crippen molar-refractivity contribution in [2.75, 3.05) is 20.6 Å². The van der Waals surface area contributed by atoms with Gasteiger partial charge in [-0.15, -0.1) is 0 Å². The molecule has 0 aromatic carbocycles. The molecule has 0 aliphatic carbocycles. The zero-order chi connectivity index (χ0) is 15.0. The standard InChI is InChI=1S/C14H29N3O2/c1-6-7-11(9-15)13(18)16-12(8-10(2)3)14(19)17(4)5/h10-12H,6-9,15H2,1-5H3,(H,16,18). The number of nitrogens with one attached hydrogen (secondary N) is 1. The molecule has 2 amide bonds. The van der Waals surface area contributed by atoms with Gasteiger partial charge in [0, 0.05) is 20.6 Å². The predicted octanol–water partition coefficient (Wildman–Crippen LogP) is 0.981. The number of rotatable bonds is 8. The number of hydrogen-bond acceptors (Lipinski definition) is 3. The van der Waals surface area contributed by atoms with Crippen LogP contribution in [-0.4, -0.2) is 43.4 Å². The normalized spacial score (nSPS) is 14.1. The monoisotopic (exact) mass is 271 g/mol. The van der Waals surface area contributed by atoms with Crippen LogP contribution in [0, 0.1) is 11.8 Å². The SMILES string of the molecule is CCCC(CN)C(=O)NC(CC(C)C)C(=O)N(C)C. The van der Waals surface area contributed by atoms with Crippen LogP contribution in [0.15, 0.2) is 0 Å². The quantitative estimate of drug-likeness (QED) is 0.691. The molecule has 0 aliphatic heterocycles. The van der Waals surface area contributed by atoms with Crippen molar-refractivity contribution < 1.29 is 9.59 Å². The fourth-order valence-corrected chi connectivity index (χ4v) is 2.00. The molecule has 0 aromatic heterocycles.